The molecule has 86 valence electrons. The molecule has 2 aliphatic carbocycles. The zero-order chi connectivity index (χ0) is 11.2. The van der Waals surface area contributed by atoms with Gasteiger partial charge in [0.15, 0.2) is 0 Å². The van der Waals surface area contributed by atoms with Crippen LogP contribution in [-0.4, -0.2) is 24.4 Å². The molecule has 0 spiro atoms. The summed E-state index contributed by atoms with van der Waals surface area (Å²) in [5.41, 5.74) is 0.552. The van der Waals surface area contributed by atoms with Crippen LogP contribution in [0.1, 0.15) is 26.2 Å². The normalized spacial score (nSPS) is 38.9. The number of hydrogen-bond donors (Lipinski definition) is 0. The molecule has 0 aromatic rings. The van der Waals surface area contributed by atoms with Gasteiger partial charge < -0.3 is 9.57 Å². The maximum atomic E-state index is 12.1. The fraction of sp³-hybridized carbons (Fsp3) is 0.667. The number of rotatable bonds is 2. The van der Waals surface area contributed by atoms with E-state index in [9.17, 15) is 4.79 Å². The lowest BCUT2D eigenvalue weighted by Gasteiger charge is -2.33. The van der Waals surface area contributed by atoms with Crippen molar-refractivity contribution in [1.82, 2.24) is 0 Å². The fourth-order valence-corrected chi connectivity index (χ4v) is 3.13. The summed E-state index contributed by atoms with van der Waals surface area (Å²) in [6.07, 6.45) is 6.60. The van der Waals surface area contributed by atoms with Crippen LogP contribution in [0.3, 0.4) is 0 Å². The minimum absolute atomic E-state index is 0.0481. The molecule has 0 saturated heterocycles. The number of ether oxygens (including phenoxy) is 1. The van der Waals surface area contributed by atoms with Crippen LogP contribution in [0.25, 0.3) is 0 Å². The van der Waals surface area contributed by atoms with Gasteiger partial charge in [0, 0.05) is 6.42 Å². The van der Waals surface area contributed by atoms with Crippen LogP contribution in [0.4, 0.5) is 0 Å². The maximum Gasteiger partial charge on any atom is 0.316 e. The van der Waals surface area contributed by atoms with E-state index in [-0.39, 0.29) is 18.0 Å². The molecule has 3 atom stereocenters. The van der Waals surface area contributed by atoms with E-state index in [1.165, 1.54) is 0 Å². The molecule has 0 aromatic carbocycles. The van der Waals surface area contributed by atoms with Gasteiger partial charge in [-0.25, -0.2) is 0 Å². The van der Waals surface area contributed by atoms with Crippen molar-refractivity contribution in [3.05, 3.63) is 12.2 Å². The third-order valence-corrected chi connectivity index (χ3v) is 3.83. The number of nitrogens with zero attached hydrogens (tertiary/aromatic N) is 1. The summed E-state index contributed by atoms with van der Waals surface area (Å²) >= 11 is 0. The number of carbonyl (C=O) groups is 1. The second kappa shape index (κ2) is 3.34. The molecule has 1 fully saturated rings. The average Bonchev–Trinajstić information content (AvgIpc) is 2.87. The van der Waals surface area contributed by atoms with Gasteiger partial charge in [0.1, 0.15) is 6.10 Å². The van der Waals surface area contributed by atoms with E-state index >= 15 is 0 Å². The highest BCUT2D eigenvalue weighted by Gasteiger charge is 2.59. The second-order valence-electron chi connectivity index (χ2n) is 4.60. The zero-order valence-electron chi connectivity index (χ0n) is 9.31. The van der Waals surface area contributed by atoms with E-state index in [0.29, 0.717) is 6.61 Å². The Morgan fingerprint density at radius 2 is 2.62 bits per heavy atom. The maximum absolute atomic E-state index is 12.1. The summed E-state index contributed by atoms with van der Waals surface area (Å²) < 4.78 is 5.21. The molecule has 0 N–H and O–H groups in total. The van der Waals surface area contributed by atoms with Gasteiger partial charge in [-0.1, -0.05) is 17.3 Å². The average molecular weight is 221 g/mol. The van der Waals surface area contributed by atoms with Crippen molar-refractivity contribution in [2.75, 3.05) is 6.61 Å². The Morgan fingerprint density at radius 1 is 1.75 bits per heavy atom. The van der Waals surface area contributed by atoms with Crippen LogP contribution in [0.5, 0.6) is 0 Å². The molecule has 0 radical (unpaired) electrons. The molecule has 0 amide bonds. The lowest BCUT2D eigenvalue weighted by Crippen LogP contribution is -2.43. The van der Waals surface area contributed by atoms with E-state index in [4.69, 9.17) is 9.57 Å². The van der Waals surface area contributed by atoms with Gasteiger partial charge in [-0.2, -0.15) is 0 Å². The number of esters is 1. The molecule has 0 unspecified atom stereocenters. The molecule has 3 rings (SSSR count). The Bertz CT molecular complexity index is 388. The van der Waals surface area contributed by atoms with Gasteiger partial charge in [0.25, 0.3) is 0 Å². The summed E-state index contributed by atoms with van der Waals surface area (Å²) in [4.78, 5) is 17.5. The lowest BCUT2D eigenvalue weighted by molar-refractivity contribution is -0.156. The second-order valence-corrected chi connectivity index (χ2v) is 4.60. The van der Waals surface area contributed by atoms with Crippen LogP contribution in [-0.2, 0) is 14.4 Å². The smallest absolute Gasteiger partial charge is 0.316 e. The molecule has 16 heavy (non-hydrogen) atoms. The van der Waals surface area contributed by atoms with Crippen molar-refractivity contribution in [1.29, 1.82) is 0 Å². The molecule has 1 saturated carbocycles. The predicted molar refractivity (Wildman–Crippen MR) is 57.9 cm³/mol. The SMILES string of the molecule is CCOC(=O)[C@]12C=CC[C@@H]3ON=C(CC1)[C@@H]32. The minimum Gasteiger partial charge on any atom is -0.465 e. The summed E-state index contributed by atoms with van der Waals surface area (Å²) in [5, 5.41) is 4.10. The predicted octanol–water partition coefficient (Wildman–Crippen LogP) is 1.66. The molecule has 0 bridgehead atoms. The van der Waals surface area contributed by atoms with Crippen molar-refractivity contribution >= 4 is 11.7 Å². The Balaban J connectivity index is 1.99. The minimum atomic E-state index is -0.492. The van der Waals surface area contributed by atoms with E-state index in [1.807, 2.05) is 19.1 Å². The van der Waals surface area contributed by atoms with Gasteiger partial charge in [-0.05, 0) is 19.8 Å². The highest BCUT2D eigenvalue weighted by molar-refractivity contribution is 5.98. The molecular formula is C12H15NO3. The number of hydrogen-bond acceptors (Lipinski definition) is 4. The van der Waals surface area contributed by atoms with Gasteiger partial charge in [-0.3, -0.25) is 4.79 Å². The summed E-state index contributed by atoms with van der Waals surface area (Å²) in [5.74, 6) is 0.00759. The Morgan fingerprint density at radius 3 is 3.44 bits per heavy atom. The van der Waals surface area contributed by atoms with Crippen LogP contribution in [0.2, 0.25) is 0 Å². The largest absolute Gasteiger partial charge is 0.465 e. The van der Waals surface area contributed by atoms with Crippen molar-refractivity contribution in [3.63, 3.8) is 0 Å². The summed E-state index contributed by atoms with van der Waals surface area (Å²) in [6, 6.07) is 0. The van der Waals surface area contributed by atoms with Crippen molar-refractivity contribution < 1.29 is 14.4 Å². The zero-order valence-corrected chi connectivity index (χ0v) is 9.31. The topological polar surface area (TPSA) is 47.9 Å². The first-order chi connectivity index (χ1) is 7.78. The summed E-state index contributed by atoms with van der Waals surface area (Å²) in [6.45, 7) is 2.27. The van der Waals surface area contributed by atoms with Crippen molar-refractivity contribution in [3.8, 4) is 0 Å². The van der Waals surface area contributed by atoms with Gasteiger partial charge in [0.2, 0.25) is 0 Å². The van der Waals surface area contributed by atoms with Crippen molar-refractivity contribution in [2.24, 2.45) is 16.5 Å². The monoisotopic (exact) mass is 221 g/mol. The standard InChI is InChI=1S/C12H15NO3/c1-2-15-11(14)12-6-3-4-9-10(12)8(5-7-12)13-16-9/h3,6,9-10H,2,4-5,7H2,1H3/t9-,10-,12+/m0/s1. The highest BCUT2D eigenvalue weighted by atomic mass is 16.6. The third kappa shape index (κ3) is 1.10. The lowest BCUT2D eigenvalue weighted by atomic mass is 9.71. The molecule has 1 aliphatic heterocycles. The van der Waals surface area contributed by atoms with E-state index in [1.54, 1.807) is 0 Å². The first-order valence-electron chi connectivity index (χ1n) is 5.85. The van der Waals surface area contributed by atoms with Gasteiger partial charge in [0.05, 0.1) is 23.7 Å². The van der Waals surface area contributed by atoms with Crippen LogP contribution >= 0.6 is 0 Å². The number of oxime groups is 1. The van der Waals surface area contributed by atoms with E-state index in [2.05, 4.69) is 5.16 Å². The van der Waals surface area contributed by atoms with Crippen LogP contribution < -0.4 is 0 Å². The highest BCUT2D eigenvalue weighted by Crippen LogP contribution is 2.51. The van der Waals surface area contributed by atoms with Crippen LogP contribution in [0.15, 0.2) is 17.3 Å². The molecule has 3 aliphatic rings. The fourth-order valence-electron chi connectivity index (χ4n) is 3.13. The van der Waals surface area contributed by atoms with Gasteiger partial charge in [-0.15, -0.1) is 0 Å². The molecule has 4 heteroatoms. The Labute approximate surface area is 94.3 Å². The van der Waals surface area contributed by atoms with Gasteiger partial charge >= 0.3 is 5.97 Å². The Kier molecular flexibility index (Phi) is 2.06. The Hall–Kier alpha value is -1.32. The molecular weight excluding hydrogens is 206 g/mol. The molecule has 0 aromatic heterocycles. The first kappa shape index (κ1) is 9.87. The molecule has 4 nitrogen and oxygen atoms in total. The van der Waals surface area contributed by atoms with E-state index < -0.39 is 5.41 Å². The molecule has 1 heterocycles. The summed E-state index contributed by atoms with van der Waals surface area (Å²) in [7, 11) is 0. The van der Waals surface area contributed by atoms with Crippen molar-refractivity contribution in [2.45, 2.75) is 32.3 Å². The van der Waals surface area contributed by atoms with E-state index in [0.717, 1.165) is 25.0 Å². The quantitative estimate of drug-likeness (QED) is 0.526. The number of carbonyl (C=O) groups excluding carboxylic acids is 1. The van der Waals surface area contributed by atoms with Crippen LogP contribution in [0, 0.1) is 11.3 Å². The first-order valence-corrected chi connectivity index (χ1v) is 5.85. The third-order valence-electron chi connectivity index (χ3n) is 3.83.